The molecule has 0 saturated heterocycles. The Labute approximate surface area is 173 Å². The van der Waals surface area contributed by atoms with E-state index < -0.39 is 0 Å². The van der Waals surface area contributed by atoms with E-state index in [9.17, 15) is 4.79 Å². The molecule has 0 spiro atoms. The molecule has 0 bridgehead atoms. The van der Waals surface area contributed by atoms with Gasteiger partial charge in [0.25, 0.3) is 5.91 Å². The average molecular weight is 409 g/mol. The van der Waals surface area contributed by atoms with Gasteiger partial charge in [-0.2, -0.15) is 0 Å². The van der Waals surface area contributed by atoms with Crippen molar-refractivity contribution in [1.82, 2.24) is 14.5 Å². The SMILES string of the molecule is Cc1cc(C(=O)N(CCCn2ccnc2)c2nc3c(C)c(C)ccc3s2)c(C)o1. The van der Waals surface area contributed by atoms with Gasteiger partial charge in [-0.15, -0.1) is 0 Å². The number of thiazole rings is 1. The molecule has 1 amide bonds. The first-order valence-corrected chi connectivity index (χ1v) is 10.5. The van der Waals surface area contributed by atoms with E-state index in [0.717, 1.165) is 39.6 Å². The normalized spacial score (nSPS) is 11.3. The second kappa shape index (κ2) is 7.83. The molecular formula is C22H24N4O2S. The number of aryl methyl sites for hydroxylation is 5. The second-order valence-electron chi connectivity index (χ2n) is 7.29. The Morgan fingerprint density at radius 1 is 1.24 bits per heavy atom. The van der Waals surface area contributed by atoms with E-state index in [4.69, 9.17) is 9.40 Å². The first kappa shape index (κ1) is 19.4. The van der Waals surface area contributed by atoms with Crippen LogP contribution in [0.3, 0.4) is 0 Å². The summed E-state index contributed by atoms with van der Waals surface area (Å²) in [5.41, 5.74) is 3.93. The molecule has 4 aromatic rings. The molecule has 0 aliphatic heterocycles. The number of furan rings is 1. The van der Waals surface area contributed by atoms with Crippen molar-refractivity contribution in [3.8, 4) is 0 Å². The summed E-state index contributed by atoms with van der Waals surface area (Å²) in [6, 6.07) is 6.00. The highest BCUT2D eigenvalue weighted by molar-refractivity contribution is 7.22. The van der Waals surface area contributed by atoms with Crippen LogP contribution in [0.4, 0.5) is 5.13 Å². The van der Waals surface area contributed by atoms with Gasteiger partial charge < -0.3 is 8.98 Å². The minimum absolute atomic E-state index is 0.0709. The van der Waals surface area contributed by atoms with E-state index in [1.165, 1.54) is 5.56 Å². The highest BCUT2D eigenvalue weighted by Crippen LogP contribution is 2.33. The fourth-order valence-electron chi connectivity index (χ4n) is 3.43. The molecule has 29 heavy (non-hydrogen) atoms. The number of aromatic nitrogens is 3. The number of carbonyl (C=O) groups is 1. The lowest BCUT2D eigenvalue weighted by molar-refractivity contribution is 0.0985. The lowest BCUT2D eigenvalue weighted by Crippen LogP contribution is -2.32. The van der Waals surface area contributed by atoms with Crippen LogP contribution in [0.15, 0.2) is 41.3 Å². The van der Waals surface area contributed by atoms with Crippen LogP contribution in [-0.2, 0) is 6.54 Å². The summed E-state index contributed by atoms with van der Waals surface area (Å²) >= 11 is 1.56. The number of hydrogen-bond acceptors (Lipinski definition) is 5. The van der Waals surface area contributed by atoms with Gasteiger partial charge in [0.2, 0.25) is 0 Å². The van der Waals surface area contributed by atoms with Gasteiger partial charge >= 0.3 is 0 Å². The van der Waals surface area contributed by atoms with Crippen molar-refractivity contribution in [2.24, 2.45) is 0 Å². The largest absolute Gasteiger partial charge is 0.466 e. The number of fused-ring (bicyclic) bond motifs is 1. The monoisotopic (exact) mass is 408 g/mol. The number of rotatable bonds is 6. The third-order valence-corrected chi connectivity index (χ3v) is 6.22. The molecule has 0 unspecified atom stereocenters. The number of nitrogens with zero attached hydrogens (tertiary/aromatic N) is 4. The lowest BCUT2D eigenvalue weighted by atomic mass is 10.1. The zero-order valence-electron chi connectivity index (χ0n) is 17.1. The van der Waals surface area contributed by atoms with E-state index >= 15 is 0 Å². The fraction of sp³-hybridized carbons (Fsp3) is 0.318. The van der Waals surface area contributed by atoms with Gasteiger partial charge in [0, 0.05) is 25.5 Å². The van der Waals surface area contributed by atoms with E-state index in [1.54, 1.807) is 28.8 Å². The summed E-state index contributed by atoms with van der Waals surface area (Å²) in [5, 5.41) is 0.725. The number of benzene rings is 1. The molecule has 6 nitrogen and oxygen atoms in total. The molecule has 0 saturated carbocycles. The maximum atomic E-state index is 13.4. The average Bonchev–Trinajstić information content (AvgIpc) is 3.41. The fourth-order valence-corrected chi connectivity index (χ4v) is 4.48. The first-order chi connectivity index (χ1) is 13.9. The summed E-state index contributed by atoms with van der Waals surface area (Å²) in [7, 11) is 0. The third-order valence-electron chi connectivity index (χ3n) is 5.18. The Kier molecular flexibility index (Phi) is 5.24. The Hall–Kier alpha value is -2.93. The Morgan fingerprint density at radius 3 is 2.76 bits per heavy atom. The first-order valence-electron chi connectivity index (χ1n) is 9.65. The number of amides is 1. The van der Waals surface area contributed by atoms with Crippen molar-refractivity contribution in [3.05, 3.63) is 65.1 Å². The summed E-state index contributed by atoms with van der Waals surface area (Å²) in [6.07, 6.45) is 6.28. The van der Waals surface area contributed by atoms with Gasteiger partial charge in [0.15, 0.2) is 5.13 Å². The Bertz CT molecular complexity index is 1160. The topological polar surface area (TPSA) is 64.2 Å². The summed E-state index contributed by atoms with van der Waals surface area (Å²) in [4.78, 5) is 24.1. The molecule has 3 heterocycles. The lowest BCUT2D eigenvalue weighted by Gasteiger charge is -2.19. The van der Waals surface area contributed by atoms with Gasteiger partial charge in [-0.25, -0.2) is 9.97 Å². The Balaban J connectivity index is 1.68. The van der Waals surface area contributed by atoms with E-state index in [-0.39, 0.29) is 5.91 Å². The molecular weight excluding hydrogens is 384 g/mol. The molecule has 0 N–H and O–H groups in total. The van der Waals surface area contributed by atoms with Gasteiger partial charge in [0.05, 0.1) is 22.1 Å². The molecule has 1 aromatic carbocycles. The van der Waals surface area contributed by atoms with Crippen molar-refractivity contribution in [2.45, 2.75) is 40.7 Å². The van der Waals surface area contributed by atoms with E-state index in [2.05, 4.69) is 31.0 Å². The molecule has 7 heteroatoms. The van der Waals surface area contributed by atoms with E-state index in [0.29, 0.717) is 17.9 Å². The van der Waals surface area contributed by atoms with Crippen molar-refractivity contribution < 1.29 is 9.21 Å². The minimum Gasteiger partial charge on any atom is -0.466 e. The standard InChI is InChI=1S/C22H24N4O2S/c1-14-6-7-19-20(16(14)3)24-22(29-19)26(10-5-9-25-11-8-23-13-25)21(27)18-12-15(2)28-17(18)4/h6-8,11-13H,5,9-10H2,1-4H3. The molecule has 4 rings (SSSR count). The maximum absolute atomic E-state index is 13.4. The van der Waals surface area contributed by atoms with Crippen LogP contribution < -0.4 is 4.90 Å². The maximum Gasteiger partial charge on any atom is 0.263 e. The summed E-state index contributed by atoms with van der Waals surface area (Å²) in [5.74, 6) is 1.30. The summed E-state index contributed by atoms with van der Waals surface area (Å²) < 4.78 is 8.71. The third kappa shape index (κ3) is 3.82. The predicted molar refractivity (Wildman–Crippen MR) is 116 cm³/mol. The molecule has 3 aromatic heterocycles. The van der Waals surface area contributed by atoms with Crippen LogP contribution in [0.1, 0.15) is 39.4 Å². The summed E-state index contributed by atoms with van der Waals surface area (Å²) in [6.45, 7) is 9.21. The molecule has 0 atom stereocenters. The van der Waals surface area contributed by atoms with Crippen LogP contribution in [0, 0.1) is 27.7 Å². The van der Waals surface area contributed by atoms with Gasteiger partial charge in [0.1, 0.15) is 11.5 Å². The number of hydrogen-bond donors (Lipinski definition) is 0. The highest BCUT2D eigenvalue weighted by Gasteiger charge is 2.24. The van der Waals surface area contributed by atoms with Crippen LogP contribution in [0.25, 0.3) is 10.2 Å². The molecule has 0 fully saturated rings. The van der Waals surface area contributed by atoms with Crippen LogP contribution in [-0.4, -0.2) is 27.0 Å². The number of imidazole rings is 1. The Morgan fingerprint density at radius 2 is 2.07 bits per heavy atom. The predicted octanol–water partition coefficient (Wildman–Crippen LogP) is 5.06. The molecule has 0 radical (unpaired) electrons. The van der Waals surface area contributed by atoms with Gasteiger partial charge in [-0.05, 0) is 57.4 Å². The number of carbonyl (C=O) groups excluding carboxylic acids is 1. The minimum atomic E-state index is -0.0709. The van der Waals surface area contributed by atoms with Crippen molar-refractivity contribution in [1.29, 1.82) is 0 Å². The van der Waals surface area contributed by atoms with Crippen molar-refractivity contribution >= 4 is 32.6 Å². The van der Waals surface area contributed by atoms with Crippen LogP contribution in [0.5, 0.6) is 0 Å². The van der Waals surface area contributed by atoms with Gasteiger partial charge in [-0.1, -0.05) is 17.4 Å². The van der Waals surface area contributed by atoms with Crippen molar-refractivity contribution in [3.63, 3.8) is 0 Å². The van der Waals surface area contributed by atoms with Crippen molar-refractivity contribution in [2.75, 3.05) is 11.4 Å². The molecule has 150 valence electrons. The zero-order valence-corrected chi connectivity index (χ0v) is 17.9. The molecule has 0 aliphatic carbocycles. The van der Waals surface area contributed by atoms with Crippen LogP contribution in [0.2, 0.25) is 0 Å². The smallest absolute Gasteiger partial charge is 0.263 e. The van der Waals surface area contributed by atoms with Crippen LogP contribution >= 0.6 is 11.3 Å². The second-order valence-corrected chi connectivity index (χ2v) is 8.30. The highest BCUT2D eigenvalue weighted by atomic mass is 32.1. The van der Waals surface area contributed by atoms with Gasteiger partial charge in [-0.3, -0.25) is 9.69 Å². The quantitative estimate of drug-likeness (QED) is 0.447. The number of anilines is 1. The van der Waals surface area contributed by atoms with E-state index in [1.807, 2.05) is 30.7 Å². The molecule has 0 aliphatic rings. The zero-order chi connectivity index (χ0) is 20.5.